The summed E-state index contributed by atoms with van der Waals surface area (Å²) in [6.45, 7) is 0. The molecule has 0 saturated carbocycles. The lowest BCUT2D eigenvalue weighted by Gasteiger charge is -2.10. The molecule has 2 aromatic carbocycles. The first-order chi connectivity index (χ1) is 9.49. The number of hydrogen-bond acceptors (Lipinski definition) is 4. The van der Waals surface area contributed by atoms with Gasteiger partial charge in [-0.05, 0) is 36.4 Å². The lowest BCUT2D eigenvalue weighted by molar-refractivity contribution is 0.0697. The van der Waals surface area contributed by atoms with E-state index in [0.29, 0.717) is 11.3 Å². The van der Waals surface area contributed by atoms with Gasteiger partial charge in [0.1, 0.15) is 0 Å². The molecular weight excluding hydrogens is 258 g/mol. The van der Waals surface area contributed by atoms with Crippen LogP contribution in [0.1, 0.15) is 20.7 Å². The standard InChI is InChI=1S/C14H13N3O3/c15-9-6-4-8(5-7-9)13(18)17-11-3-1-2-10(12(11)16)14(19)20/h1-7H,15-16H2,(H,17,18)(H,19,20). The van der Waals surface area contributed by atoms with Gasteiger partial charge in [-0.25, -0.2) is 4.79 Å². The lowest BCUT2D eigenvalue weighted by atomic mass is 10.1. The maximum absolute atomic E-state index is 12.0. The summed E-state index contributed by atoms with van der Waals surface area (Å²) in [7, 11) is 0. The highest BCUT2D eigenvalue weighted by Crippen LogP contribution is 2.23. The summed E-state index contributed by atoms with van der Waals surface area (Å²) in [5, 5.41) is 11.5. The monoisotopic (exact) mass is 271 g/mol. The lowest BCUT2D eigenvalue weighted by Crippen LogP contribution is -2.14. The number of carboxylic acids is 1. The van der Waals surface area contributed by atoms with Crippen molar-refractivity contribution in [2.45, 2.75) is 0 Å². The molecule has 0 aromatic heterocycles. The van der Waals surface area contributed by atoms with Crippen LogP contribution in [-0.2, 0) is 0 Å². The van der Waals surface area contributed by atoms with Gasteiger partial charge >= 0.3 is 5.97 Å². The van der Waals surface area contributed by atoms with Crippen LogP contribution in [0.15, 0.2) is 42.5 Å². The van der Waals surface area contributed by atoms with Gasteiger partial charge in [0, 0.05) is 11.3 Å². The molecule has 0 saturated heterocycles. The predicted octanol–water partition coefficient (Wildman–Crippen LogP) is 1.80. The zero-order valence-electron chi connectivity index (χ0n) is 10.5. The third-order valence-corrected chi connectivity index (χ3v) is 2.76. The molecule has 0 aliphatic carbocycles. The first-order valence-electron chi connectivity index (χ1n) is 5.77. The number of hydrogen-bond donors (Lipinski definition) is 4. The Morgan fingerprint density at radius 1 is 1.00 bits per heavy atom. The van der Waals surface area contributed by atoms with Crippen molar-refractivity contribution in [1.82, 2.24) is 0 Å². The molecule has 0 fully saturated rings. The Kier molecular flexibility index (Phi) is 3.56. The van der Waals surface area contributed by atoms with Gasteiger partial charge < -0.3 is 21.9 Å². The maximum Gasteiger partial charge on any atom is 0.337 e. The second kappa shape index (κ2) is 5.31. The highest BCUT2D eigenvalue weighted by molar-refractivity contribution is 6.07. The number of para-hydroxylation sites is 1. The maximum atomic E-state index is 12.0. The number of aromatic carboxylic acids is 1. The predicted molar refractivity (Wildman–Crippen MR) is 76.6 cm³/mol. The second-order valence-electron chi connectivity index (χ2n) is 4.15. The van der Waals surface area contributed by atoms with Gasteiger partial charge in [0.25, 0.3) is 5.91 Å². The molecule has 102 valence electrons. The summed E-state index contributed by atoms with van der Waals surface area (Å²) >= 11 is 0. The quantitative estimate of drug-likeness (QED) is 0.635. The summed E-state index contributed by atoms with van der Waals surface area (Å²) in [4.78, 5) is 23.0. The summed E-state index contributed by atoms with van der Waals surface area (Å²) in [6, 6.07) is 10.8. The van der Waals surface area contributed by atoms with Gasteiger partial charge in [0.2, 0.25) is 0 Å². The second-order valence-corrected chi connectivity index (χ2v) is 4.15. The van der Waals surface area contributed by atoms with Crippen molar-refractivity contribution in [1.29, 1.82) is 0 Å². The number of nitrogens with one attached hydrogen (secondary N) is 1. The number of amides is 1. The van der Waals surface area contributed by atoms with Crippen LogP contribution in [0.25, 0.3) is 0 Å². The minimum absolute atomic E-state index is 0.0174. The Labute approximate surface area is 115 Å². The molecule has 6 nitrogen and oxygen atoms in total. The molecule has 20 heavy (non-hydrogen) atoms. The van der Waals surface area contributed by atoms with Crippen molar-refractivity contribution in [3.05, 3.63) is 53.6 Å². The van der Waals surface area contributed by atoms with Gasteiger partial charge in [-0.15, -0.1) is 0 Å². The summed E-state index contributed by atoms with van der Waals surface area (Å²) in [5.74, 6) is -1.54. The smallest absolute Gasteiger partial charge is 0.337 e. The summed E-state index contributed by atoms with van der Waals surface area (Å²) in [6.07, 6.45) is 0. The van der Waals surface area contributed by atoms with Gasteiger partial charge in [-0.2, -0.15) is 0 Å². The Bertz CT molecular complexity index is 666. The average Bonchev–Trinajstić information content (AvgIpc) is 2.41. The van der Waals surface area contributed by atoms with E-state index in [-0.39, 0.29) is 22.8 Å². The Morgan fingerprint density at radius 2 is 1.65 bits per heavy atom. The molecule has 2 aromatic rings. The molecular formula is C14H13N3O3. The average molecular weight is 271 g/mol. The first kappa shape index (κ1) is 13.4. The van der Waals surface area contributed by atoms with E-state index in [1.165, 1.54) is 18.2 Å². The summed E-state index contributed by atoms with van der Waals surface area (Å²) < 4.78 is 0. The van der Waals surface area contributed by atoms with Crippen LogP contribution in [0.2, 0.25) is 0 Å². The number of carboxylic acid groups (broad SMARTS) is 1. The van der Waals surface area contributed by atoms with Crippen LogP contribution < -0.4 is 16.8 Å². The van der Waals surface area contributed by atoms with Gasteiger partial charge in [-0.3, -0.25) is 4.79 Å². The SMILES string of the molecule is Nc1ccc(C(=O)Nc2cccc(C(=O)O)c2N)cc1. The third kappa shape index (κ3) is 2.69. The van der Waals surface area contributed by atoms with Gasteiger partial charge in [0.05, 0.1) is 16.9 Å². The number of benzene rings is 2. The Morgan fingerprint density at radius 3 is 2.25 bits per heavy atom. The fourth-order valence-corrected chi connectivity index (χ4v) is 1.69. The van der Waals surface area contributed by atoms with Crippen molar-refractivity contribution in [2.24, 2.45) is 0 Å². The number of carbonyl (C=O) groups is 2. The van der Waals surface area contributed by atoms with Crippen molar-refractivity contribution >= 4 is 28.9 Å². The molecule has 0 atom stereocenters. The molecule has 0 radical (unpaired) electrons. The minimum Gasteiger partial charge on any atom is -0.478 e. The fourth-order valence-electron chi connectivity index (χ4n) is 1.69. The van der Waals surface area contributed by atoms with E-state index < -0.39 is 5.97 Å². The number of rotatable bonds is 3. The van der Waals surface area contributed by atoms with E-state index in [4.69, 9.17) is 16.6 Å². The van der Waals surface area contributed by atoms with Crippen LogP contribution in [-0.4, -0.2) is 17.0 Å². The third-order valence-electron chi connectivity index (χ3n) is 2.76. The zero-order chi connectivity index (χ0) is 14.7. The van der Waals surface area contributed by atoms with Gasteiger partial charge in [-0.1, -0.05) is 6.07 Å². The zero-order valence-corrected chi connectivity index (χ0v) is 10.5. The first-order valence-corrected chi connectivity index (χ1v) is 5.77. The van der Waals surface area contributed by atoms with E-state index in [1.807, 2.05) is 0 Å². The molecule has 6 N–H and O–H groups in total. The van der Waals surface area contributed by atoms with Crippen LogP contribution >= 0.6 is 0 Å². The minimum atomic E-state index is -1.15. The van der Waals surface area contributed by atoms with Crippen molar-refractivity contribution in [2.75, 3.05) is 16.8 Å². The number of nitrogens with two attached hydrogens (primary N) is 2. The molecule has 2 rings (SSSR count). The number of carbonyl (C=O) groups excluding carboxylic acids is 1. The summed E-state index contributed by atoms with van der Waals surface area (Å²) in [5.41, 5.74) is 12.4. The molecule has 0 unspecified atom stereocenters. The fraction of sp³-hybridized carbons (Fsp3) is 0. The van der Waals surface area contributed by atoms with E-state index >= 15 is 0 Å². The number of nitrogen functional groups attached to an aromatic ring is 2. The molecule has 0 aliphatic heterocycles. The highest BCUT2D eigenvalue weighted by Gasteiger charge is 2.13. The van der Waals surface area contributed by atoms with Crippen LogP contribution in [0.5, 0.6) is 0 Å². The van der Waals surface area contributed by atoms with E-state index in [9.17, 15) is 9.59 Å². The van der Waals surface area contributed by atoms with E-state index in [2.05, 4.69) is 5.32 Å². The topological polar surface area (TPSA) is 118 Å². The normalized spacial score (nSPS) is 10.0. The Balaban J connectivity index is 2.26. The van der Waals surface area contributed by atoms with Crippen LogP contribution in [0.4, 0.5) is 17.1 Å². The molecule has 6 heteroatoms. The van der Waals surface area contributed by atoms with Crippen LogP contribution in [0.3, 0.4) is 0 Å². The Hall–Kier alpha value is -3.02. The van der Waals surface area contributed by atoms with Crippen molar-refractivity contribution in [3.63, 3.8) is 0 Å². The van der Waals surface area contributed by atoms with Crippen molar-refractivity contribution in [3.8, 4) is 0 Å². The molecule has 0 spiro atoms. The van der Waals surface area contributed by atoms with E-state index in [1.54, 1.807) is 24.3 Å². The highest BCUT2D eigenvalue weighted by atomic mass is 16.4. The largest absolute Gasteiger partial charge is 0.478 e. The van der Waals surface area contributed by atoms with Crippen molar-refractivity contribution < 1.29 is 14.7 Å². The van der Waals surface area contributed by atoms with Gasteiger partial charge in [0.15, 0.2) is 0 Å². The molecule has 0 bridgehead atoms. The molecule has 0 heterocycles. The van der Waals surface area contributed by atoms with Crippen LogP contribution in [0, 0.1) is 0 Å². The number of anilines is 3. The van der Waals surface area contributed by atoms with E-state index in [0.717, 1.165) is 0 Å². The molecule has 0 aliphatic rings. The molecule has 1 amide bonds.